The molecule has 0 atom stereocenters. The minimum Gasteiger partial charge on any atom is -0.465 e. The molecule has 0 heterocycles. The van der Waals surface area contributed by atoms with Gasteiger partial charge in [-0.15, -0.1) is 0 Å². The Balaban J connectivity index is 2.74. The molecule has 0 aliphatic rings. The number of carbonyl (C=O) groups excluding carboxylic acids is 2. The van der Waals surface area contributed by atoms with Crippen LogP contribution >= 0.6 is 0 Å². The van der Waals surface area contributed by atoms with Crippen molar-refractivity contribution >= 4 is 22.0 Å². The molecular formula is C14H19NO6S. The maximum absolute atomic E-state index is 12.0. The third-order valence-corrected chi connectivity index (χ3v) is 3.83. The predicted octanol–water partition coefficient (Wildman–Crippen LogP) is 1.09. The Morgan fingerprint density at radius 1 is 1.14 bits per heavy atom. The Hall–Kier alpha value is -1.93. The molecule has 0 bridgehead atoms. The number of carbonyl (C=O) groups is 2. The first kappa shape index (κ1) is 18.1. The molecule has 1 N–H and O–H groups in total. The van der Waals surface area contributed by atoms with E-state index in [1.54, 1.807) is 20.8 Å². The fourth-order valence-electron chi connectivity index (χ4n) is 1.50. The summed E-state index contributed by atoms with van der Waals surface area (Å²) in [7, 11) is -2.63. The van der Waals surface area contributed by atoms with Gasteiger partial charge in [0.15, 0.2) is 0 Å². The van der Waals surface area contributed by atoms with Crippen LogP contribution in [-0.4, -0.2) is 39.6 Å². The third-order valence-electron chi connectivity index (χ3n) is 2.41. The van der Waals surface area contributed by atoms with Crippen molar-refractivity contribution in [3.05, 3.63) is 29.8 Å². The van der Waals surface area contributed by atoms with E-state index in [9.17, 15) is 18.0 Å². The van der Waals surface area contributed by atoms with Crippen molar-refractivity contribution in [3.8, 4) is 0 Å². The van der Waals surface area contributed by atoms with Crippen molar-refractivity contribution in [3.63, 3.8) is 0 Å². The largest absolute Gasteiger partial charge is 0.465 e. The van der Waals surface area contributed by atoms with Crippen LogP contribution < -0.4 is 4.72 Å². The van der Waals surface area contributed by atoms with Crippen LogP contribution in [-0.2, 0) is 24.3 Å². The number of benzene rings is 1. The first-order chi connectivity index (χ1) is 10.0. The monoisotopic (exact) mass is 329 g/mol. The molecule has 0 aromatic heterocycles. The lowest BCUT2D eigenvalue weighted by molar-refractivity contribution is -0.153. The van der Waals surface area contributed by atoms with E-state index in [1.165, 1.54) is 31.4 Å². The molecule has 0 saturated carbocycles. The lowest BCUT2D eigenvalue weighted by Crippen LogP contribution is -2.34. The Kier molecular flexibility index (Phi) is 5.67. The molecule has 0 amide bonds. The van der Waals surface area contributed by atoms with Gasteiger partial charge in [-0.05, 0) is 45.0 Å². The molecule has 22 heavy (non-hydrogen) atoms. The SMILES string of the molecule is COC(=O)c1ccc(S(=O)(=O)NCC(=O)OC(C)(C)C)cc1. The van der Waals surface area contributed by atoms with E-state index in [4.69, 9.17) is 4.74 Å². The molecule has 0 spiro atoms. The fourth-order valence-corrected chi connectivity index (χ4v) is 2.47. The number of esters is 2. The maximum Gasteiger partial charge on any atom is 0.337 e. The van der Waals surface area contributed by atoms with Crippen molar-refractivity contribution in [2.75, 3.05) is 13.7 Å². The molecule has 0 unspecified atom stereocenters. The van der Waals surface area contributed by atoms with Crippen molar-refractivity contribution in [2.24, 2.45) is 0 Å². The highest BCUT2D eigenvalue weighted by atomic mass is 32.2. The molecule has 0 aliphatic carbocycles. The number of methoxy groups -OCH3 is 1. The van der Waals surface area contributed by atoms with E-state index >= 15 is 0 Å². The molecule has 0 radical (unpaired) electrons. The standard InChI is InChI=1S/C14H19NO6S/c1-14(2,3)21-12(16)9-15-22(18,19)11-7-5-10(6-8-11)13(17)20-4/h5-8,15H,9H2,1-4H3. The second kappa shape index (κ2) is 6.89. The summed E-state index contributed by atoms with van der Waals surface area (Å²) in [6.45, 7) is 4.58. The fraction of sp³-hybridized carbons (Fsp3) is 0.429. The second-order valence-electron chi connectivity index (χ2n) is 5.43. The van der Waals surface area contributed by atoms with E-state index in [1.807, 2.05) is 0 Å². The third kappa shape index (κ3) is 5.45. The van der Waals surface area contributed by atoms with Crippen molar-refractivity contribution in [2.45, 2.75) is 31.3 Å². The lowest BCUT2D eigenvalue weighted by atomic mass is 10.2. The van der Waals surface area contributed by atoms with E-state index in [-0.39, 0.29) is 10.5 Å². The summed E-state index contributed by atoms with van der Waals surface area (Å²) in [6.07, 6.45) is 0. The van der Waals surface area contributed by atoms with Gasteiger partial charge < -0.3 is 9.47 Å². The maximum atomic E-state index is 12.0. The molecule has 8 heteroatoms. The zero-order valence-electron chi connectivity index (χ0n) is 12.9. The first-order valence-electron chi connectivity index (χ1n) is 6.45. The number of sulfonamides is 1. The number of nitrogens with one attached hydrogen (secondary N) is 1. The Bertz CT molecular complexity index is 643. The Morgan fingerprint density at radius 2 is 1.68 bits per heavy atom. The second-order valence-corrected chi connectivity index (χ2v) is 7.19. The summed E-state index contributed by atoms with van der Waals surface area (Å²) in [4.78, 5) is 22.7. The summed E-state index contributed by atoms with van der Waals surface area (Å²) >= 11 is 0. The van der Waals surface area contributed by atoms with Gasteiger partial charge in [-0.3, -0.25) is 4.79 Å². The van der Waals surface area contributed by atoms with Gasteiger partial charge in [-0.25, -0.2) is 13.2 Å². The summed E-state index contributed by atoms with van der Waals surface area (Å²) < 4.78 is 35.7. The molecule has 1 aromatic carbocycles. The van der Waals surface area contributed by atoms with Crippen molar-refractivity contribution in [1.29, 1.82) is 0 Å². The van der Waals surface area contributed by atoms with Crippen LogP contribution in [0.5, 0.6) is 0 Å². The molecule has 0 saturated heterocycles. The van der Waals surface area contributed by atoms with Gasteiger partial charge in [0.25, 0.3) is 0 Å². The van der Waals surface area contributed by atoms with E-state index in [0.717, 1.165) is 0 Å². The minimum atomic E-state index is -3.86. The van der Waals surface area contributed by atoms with Gasteiger partial charge in [-0.2, -0.15) is 4.72 Å². The summed E-state index contributed by atoms with van der Waals surface area (Å²) in [5.74, 6) is -1.24. The highest BCUT2D eigenvalue weighted by Crippen LogP contribution is 2.12. The molecule has 0 fully saturated rings. The van der Waals surface area contributed by atoms with E-state index < -0.39 is 34.1 Å². The summed E-state index contributed by atoms with van der Waals surface area (Å²) in [5.41, 5.74) is -0.460. The summed E-state index contributed by atoms with van der Waals surface area (Å²) in [6, 6.07) is 5.16. The van der Waals surface area contributed by atoms with Gasteiger partial charge in [0.05, 0.1) is 17.6 Å². The van der Waals surface area contributed by atoms with Gasteiger partial charge in [-0.1, -0.05) is 0 Å². The average Bonchev–Trinajstić information content (AvgIpc) is 2.43. The first-order valence-corrected chi connectivity index (χ1v) is 7.93. The van der Waals surface area contributed by atoms with Crippen LogP contribution in [0.4, 0.5) is 0 Å². The van der Waals surface area contributed by atoms with Gasteiger partial charge in [0.1, 0.15) is 12.1 Å². The van der Waals surface area contributed by atoms with Crippen LogP contribution in [0.2, 0.25) is 0 Å². The number of hydrogen-bond donors (Lipinski definition) is 1. The Labute approximate surface area is 129 Å². The van der Waals surface area contributed by atoms with E-state index in [2.05, 4.69) is 9.46 Å². The van der Waals surface area contributed by atoms with Crippen LogP contribution in [0.1, 0.15) is 31.1 Å². The summed E-state index contributed by atoms with van der Waals surface area (Å²) in [5, 5.41) is 0. The van der Waals surface area contributed by atoms with Crippen LogP contribution in [0.15, 0.2) is 29.2 Å². The lowest BCUT2D eigenvalue weighted by Gasteiger charge is -2.19. The minimum absolute atomic E-state index is 0.0660. The zero-order valence-corrected chi connectivity index (χ0v) is 13.7. The number of rotatable bonds is 5. The molecule has 7 nitrogen and oxygen atoms in total. The number of hydrogen-bond acceptors (Lipinski definition) is 6. The Morgan fingerprint density at radius 3 is 2.14 bits per heavy atom. The van der Waals surface area contributed by atoms with Crippen LogP contribution in [0, 0.1) is 0 Å². The molecule has 122 valence electrons. The van der Waals surface area contributed by atoms with Crippen molar-refractivity contribution < 1.29 is 27.5 Å². The molecule has 1 rings (SSSR count). The quantitative estimate of drug-likeness (QED) is 0.812. The smallest absolute Gasteiger partial charge is 0.337 e. The van der Waals surface area contributed by atoms with Crippen molar-refractivity contribution in [1.82, 2.24) is 4.72 Å². The van der Waals surface area contributed by atoms with Crippen LogP contribution in [0.3, 0.4) is 0 Å². The zero-order chi connectivity index (χ0) is 17.0. The highest BCUT2D eigenvalue weighted by molar-refractivity contribution is 7.89. The van der Waals surface area contributed by atoms with E-state index in [0.29, 0.717) is 0 Å². The van der Waals surface area contributed by atoms with Crippen LogP contribution in [0.25, 0.3) is 0 Å². The van der Waals surface area contributed by atoms with Gasteiger partial charge in [0, 0.05) is 0 Å². The molecule has 1 aromatic rings. The van der Waals surface area contributed by atoms with Gasteiger partial charge >= 0.3 is 11.9 Å². The average molecular weight is 329 g/mol. The predicted molar refractivity (Wildman–Crippen MR) is 78.8 cm³/mol. The topological polar surface area (TPSA) is 98.8 Å². The molecular weight excluding hydrogens is 310 g/mol. The highest BCUT2D eigenvalue weighted by Gasteiger charge is 2.20. The molecule has 0 aliphatic heterocycles. The van der Waals surface area contributed by atoms with Gasteiger partial charge in [0.2, 0.25) is 10.0 Å². The number of ether oxygens (including phenoxy) is 2. The normalized spacial score (nSPS) is 11.8.